The van der Waals surface area contributed by atoms with E-state index in [-0.39, 0.29) is 26.4 Å². The van der Waals surface area contributed by atoms with E-state index in [0.717, 1.165) is 0 Å². The number of benzene rings is 2. The van der Waals surface area contributed by atoms with E-state index in [2.05, 4.69) is 42.5 Å². The van der Waals surface area contributed by atoms with Gasteiger partial charge in [0.25, 0.3) is 5.91 Å². The zero-order valence-corrected chi connectivity index (χ0v) is 24.6. The van der Waals surface area contributed by atoms with Gasteiger partial charge in [0, 0.05) is 55.4 Å². The minimum absolute atomic E-state index is 0.0470. The molecular weight excluding hydrogens is 652 g/mol. The van der Waals surface area contributed by atoms with Crippen molar-refractivity contribution in [3.8, 4) is 5.75 Å². The van der Waals surface area contributed by atoms with Gasteiger partial charge in [0.05, 0.1) is 4.90 Å². The second-order valence-corrected chi connectivity index (χ2v) is 11.3. The molecule has 0 unspecified atom stereocenters. The molecule has 0 aromatic heterocycles. The van der Waals surface area contributed by atoms with E-state index in [9.17, 15) is 18.3 Å². The van der Waals surface area contributed by atoms with Crippen LogP contribution >= 0.6 is 37.2 Å². The van der Waals surface area contributed by atoms with Crippen LogP contribution in [0.3, 0.4) is 0 Å². The number of hydrogen-bond donors (Lipinski definition) is 2. The van der Waals surface area contributed by atoms with Crippen molar-refractivity contribution < 1.29 is 18.3 Å². The predicted octanol–water partition coefficient (Wildman–Crippen LogP) is 6.32. The van der Waals surface area contributed by atoms with Crippen molar-refractivity contribution in [2.75, 3.05) is 7.05 Å². The number of rotatable bonds is 4. The molecule has 0 aliphatic carbocycles. The van der Waals surface area contributed by atoms with E-state index in [0.29, 0.717) is 16.7 Å². The van der Waals surface area contributed by atoms with Crippen molar-refractivity contribution in [3.63, 3.8) is 0 Å². The maximum Gasteiger partial charge on any atom is 0.262 e. The molecule has 0 saturated heterocycles. The molecule has 1 amide bonds. The summed E-state index contributed by atoms with van der Waals surface area (Å²) in [5.74, 6) is -0.499. The lowest BCUT2D eigenvalue weighted by Crippen LogP contribution is -2.25. The van der Waals surface area contributed by atoms with Gasteiger partial charge in [0.15, 0.2) is 0 Å². The van der Waals surface area contributed by atoms with E-state index in [1.165, 1.54) is 25.3 Å². The lowest BCUT2D eigenvalue weighted by molar-refractivity contribution is -0.116. The van der Waals surface area contributed by atoms with Gasteiger partial charge in [0.2, 0.25) is 9.84 Å². The molecule has 0 bridgehead atoms. The fourth-order valence-corrected chi connectivity index (χ4v) is 4.56. The minimum Gasteiger partial charge on any atom is -0.507 e. The predicted molar refractivity (Wildman–Crippen MR) is 149 cm³/mol. The fourth-order valence-electron chi connectivity index (χ4n) is 3.15. The third kappa shape index (κ3) is 6.93. The van der Waals surface area contributed by atoms with Gasteiger partial charge in [-0.3, -0.25) is 4.79 Å². The number of aromatic hydroxyl groups is 1. The molecule has 0 saturated carbocycles. The topological polar surface area (TPSA) is 83.5 Å². The van der Waals surface area contributed by atoms with Crippen LogP contribution in [0.25, 0.3) is 6.08 Å². The molecule has 0 heterocycles. The van der Waals surface area contributed by atoms with E-state index >= 15 is 0 Å². The van der Waals surface area contributed by atoms with Crippen LogP contribution in [0.2, 0.25) is 0 Å². The summed E-state index contributed by atoms with van der Waals surface area (Å²) >= 11 is 4.24. The van der Waals surface area contributed by atoms with Crippen molar-refractivity contribution in [2.24, 2.45) is 0 Å². The lowest BCUT2D eigenvalue weighted by Gasteiger charge is -2.28. The summed E-state index contributed by atoms with van der Waals surface area (Å²) in [7, 11) is -2.63. The highest BCUT2D eigenvalue weighted by Crippen LogP contribution is 2.40. The molecule has 32 heavy (non-hydrogen) atoms. The zero-order valence-electron chi connectivity index (χ0n) is 19.5. The van der Waals surface area contributed by atoms with Crippen LogP contribution in [0.15, 0.2) is 52.3 Å². The van der Waals surface area contributed by atoms with Gasteiger partial charge in [-0.15, -0.1) is 0 Å². The largest absolute Gasteiger partial charge is 0.507 e. The van der Waals surface area contributed by atoms with E-state index in [4.69, 9.17) is 0 Å². The van der Waals surface area contributed by atoms with E-state index in [1.807, 2.05) is 41.5 Å². The number of phenols is 1. The number of sulfone groups is 1. The highest BCUT2D eigenvalue weighted by Gasteiger charge is 2.29. The molecule has 2 rings (SSSR count). The van der Waals surface area contributed by atoms with E-state index in [1.54, 1.807) is 30.3 Å². The fraction of sp³-hybridized carbons (Fsp3) is 0.375. The average Bonchev–Trinajstić information content (AvgIpc) is 2.72. The number of likely N-dealkylation sites (N-methyl/N-ethyl adjacent to an activating group) is 1. The van der Waals surface area contributed by atoms with Crippen molar-refractivity contribution >= 4 is 59.1 Å². The van der Waals surface area contributed by atoms with Gasteiger partial charge in [-0.2, -0.15) is 0 Å². The van der Waals surface area contributed by atoms with Crippen molar-refractivity contribution in [1.82, 2.24) is 5.32 Å². The number of carbonyl (C=O) groups is 1. The Labute approximate surface area is 215 Å². The standard InChI is InChI=1S/C24H31NO4S.I2/c1-23(2,3)18-13-16(14-19(21(18)26)24(4,5)6)15-20(22(27)25-7)30(28,29)17-11-9-8-10-12-17;1-2/h8-15,26H,1-7H3,(H,25,27);. The lowest BCUT2D eigenvalue weighted by atomic mass is 9.78. The first kappa shape index (κ1) is 28.9. The third-order valence-electron chi connectivity index (χ3n) is 4.84. The van der Waals surface area contributed by atoms with Gasteiger partial charge < -0.3 is 10.4 Å². The first-order valence-corrected chi connectivity index (χ1v) is 17.7. The molecule has 2 N–H and O–H groups in total. The molecular formula is C24H31I2NO4S. The Morgan fingerprint density at radius 3 is 1.75 bits per heavy atom. The SMILES string of the molecule is CNC(=O)C(=Cc1cc(C(C)(C)C)c(O)c(C(C)(C)C)c1)S(=O)(=O)c1ccccc1.II. The summed E-state index contributed by atoms with van der Waals surface area (Å²) in [6.07, 6.45) is 1.38. The summed E-state index contributed by atoms with van der Waals surface area (Å²) in [6, 6.07) is 11.4. The normalized spacial score (nSPS) is 12.6. The van der Waals surface area contributed by atoms with Gasteiger partial charge >= 0.3 is 0 Å². The molecule has 0 spiro atoms. The van der Waals surface area contributed by atoms with Crippen molar-refractivity contribution in [1.29, 1.82) is 0 Å². The number of carbonyl (C=O) groups excluding carboxylic acids is 1. The van der Waals surface area contributed by atoms with Gasteiger partial charge in [0.1, 0.15) is 10.7 Å². The van der Waals surface area contributed by atoms with Crippen molar-refractivity contribution in [3.05, 3.63) is 64.1 Å². The molecule has 0 aliphatic heterocycles. The van der Waals surface area contributed by atoms with Crippen molar-refractivity contribution in [2.45, 2.75) is 57.3 Å². The smallest absolute Gasteiger partial charge is 0.262 e. The van der Waals surface area contributed by atoms with Gasteiger partial charge in [-0.1, -0.05) is 59.7 Å². The highest BCUT2D eigenvalue weighted by molar-refractivity contribution is 15.0. The molecule has 0 aliphatic rings. The second-order valence-electron chi connectivity index (χ2n) is 9.37. The van der Waals surface area contributed by atoms with Crippen LogP contribution in [0.5, 0.6) is 5.75 Å². The van der Waals surface area contributed by atoms with Crippen LogP contribution in [0, 0.1) is 0 Å². The van der Waals surface area contributed by atoms with Crippen LogP contribution in [-0.2, 0) is 25.5 Å². The number of phenolic OH excluding ortho intramolecular Hbond substituents is 1. The summed E-state index contributed by atoms with van der Waals surface area (Å²) in [5.41, 5.74) is 1.17. The quantitative estimate of drug-likeness (QED) is 0.292. The summed E-state index contributed by atoms with van der Waals surface area (Å²) < 4.78 is 26.4. The number of halogens is 2. The zero-order chi connectivity index (χ0) is 24.9. The Kier molecular flexibility index (Phi) is 10.2. The molecule has 0 radical (unpaired) electrons. The van der Waals surface area contributed by atoms with Crippen LogP contribution in [0.4, 0.5) is 0 Å². The monoisotopic (exact) mass is 683 g/mol. The van der Waals surface area contributed by atoms with Crippen LogP contribution in [0.1, 0.15) is 58.2 Å². The Hall–Kier alpha value is -1.14. The number of amides is 1. The highest BCUT2D eigenvalue weighted by atomic mass is 128. The molecule has 5 nitrogen and oxygen atoms in total. The van der Waals surface area contributed by atoms with Crippen LogP contribution in [-0.4, -0.2) is 26.5 Å². The Balaban J connectivity index is 0.00000249. The molecule has 2 aromatic carbocycles. The maximum absolute atomic E-state index is 13.2. The average molecular weight is 683 g/mol. The maximum atomic E-state index is 13.2. The number of nitrogens with one attached hydrogen (secondary N) is 1. The third-order valence-corrected chi connectivity index (χ3v) is 6.61. The van der Waals surface area contributed by atoms with Gasteiger partial charge in [-0.25, -0.2) is 8.42 Å². The Morgan fingerprint density at radius 2 is 1.38 bits per heavy atom. The Bertz CT molecular complexity index is 1050. The van der Waals surface area contributed by atoms with Crippen LogP contribution < -0.4 is 5.32 Å². The summed E-state index contributed by atoms with van der Waals surface area (Å²) in [6.45, 7) is 11.8. The first-order valence-electron chi connectivity index (χ1n) is 9.95. The molecule has 0 atom stereocenters. The Morgan fingerprint density at radius 1 is 0.938 bits per heavy atom. The van der Waals surface area contributed by atoms with E-state index < -0.39 is 15.7 Å². The molecule has 176 valence electrons. The second kappa shape index (κ2) is 11.3. The minimum atomic E-state index is -4.03. The molecule has 2 aromatic rings. The summed E-state index contributed by atoms with van der Waals surface area (Å²) in [4.78, 5) is 12.3. The number of hydrogen-bond acceptors (Lipinski definition) is 4. The molecule has 0 fully saturated rings. The summed E-state index contributed by atoms with van der Waals surface area (Å²) in [5, 5.41) is 13.3. The molecule has 8 heteroatoms. The first-order chi connectivity index (χ1) is 14.7. The van der Waals surface area contributed by atoms with Gasteiger partial charge in [-0.05, 0) is 46.7 Å².